The monoisotopic (exact) mass is 246 g/mol. The van der Waals surface area contributed by atoms with Crippen molar-refractivity contribution in [2.75, 3.05) is 0 Å². The fraction of sp³-hybridized carbons (Fsp3) is 0.357. The van der Waals surface area contributed by atoms with Crippen molar-refractivity contribution in [3.63, 3.8) is 0 Å². The van der Waals surface area contributed by atoms with Crippen LogP contribution in [0.1, 0.15) is 31.6 Å². The number of hydrogen-bond acceptors (Lipinski definition) is 1. The molecule has 1 aliphatic rings. The predicted octanol–water partition coefficient (Wildman–Crippen LogP) is 4.10. The Labute approximate surface area is 106 Å². The summed E-state index contributed by atoms with van der Waals surface area (Å²) in [5, 5.41) is 0.770. The van der Waals surface area contributed by atoms with E-state index >= 15 is 0 Å². The van der Waals surface area contributed by atoms with Crippen LogP contribution in [0.3, 0.4) is 0 Å². The summed E-state index contributed by atoms with van der Waals surface area (Å²) in [6.45, 7) is 2.26. The Morgan fingerprint density at radius 1 is 1.29 bits per heavy atom. The van der Waals surface area contributed by atoms with Crippen molar-refractivity contribution in [3.05, 3.63) is 41.3 Å². The molecule has 0 unspecified atom stereocenters. The number of hydrogen-bond donors (Lipinski definition) is 0. The number of benzene rings is 1. The van der Waals surface area contributed by atoms with Crippen LogP contribution < -0.4 is 0 Å². The van der Waals surface area contributed by atoms with Crippen molar-refractivity contribution in [2.24, 2.45) is 0 Å². The third-order valence-electron chi connectivity index (χ3n) is 3.45. The number of nitrogens with zero attached hydrogens (tertiary/aromatic N) is 2. The summed E-state index contributed by atoms with van der Waals surface area (Å²) in [4.78, 5) is 4.72. The average molecular weight is 247 g/mol. The summed E-state index contributed by atoms with van der Waals surface area (Å²) in [6, 6.07) is 8.47. The fourth-order valence-corrected chi connectivity index (χ4v) is 2.58. The number of halogens is 1. The van der Waals surface area contributed by atoms with Gasteiger partial charge in [0.05, 0.1) is 5.69 Å². The Morgan fingerprint density at radius 3 is 2.76 bits per heavy atom. The topological polar surface area (TPSA) is 17.8 Å². The number of rotatable bonds is 1. The Balaban J connectivity index is 2.02. The molecule has 0 spiro atoms. The van der Waals surface area contributed by atoms with Crippen LogP contribution in [0.4, 0.5) is 0 Å². The van der Waals surface area contributed by atoms with Gasteiger partial charge in [-0.2, -0.15) is 0 Å². The molecule has 88 valence electrons. The van der Waals surface area contributed by atoms with Gasteiger partial charge in [0, 0.05) is 29.2 Å². The normalized spacial score (nSPS) is 19.1. The van der Waals surface area contributed by atoms with Gasteiger partial charge in [-0.25, -0.2) is 4.98 Å². The van der Waals surface area contributed by atoms with Crippen LogP contribution in [0.15, 0.2) is 30.5 Å². The first-order valence-electron chi connectivity index (χ1n) is 6.08. The highest BCUT2D eigenvalue weighted by Gasteiger charge is 2.18. The molecule has 17 heavy (non-hydrogen) atoms. The summed E-state index contributed by atoms with van der Waals surface area (Å²) in [6.07, 6.45) is 5.77. The Bertz CT molecular complexity index is 528. The summed E-state index contributed by atoms with van der Waals surface area (Å²) in [5.74, 6) is 1.22. The molecular weight excluding hydrogens is 232 g/mol. The maximum absolute atomic E-state index is 5.90. The molecule has 0 N–H and O–H groups in total. The van der Waals surface area contributed by atoms with Crippen molar-refractivity contribution in [2.45, 2.75) is 32.2 Å². The molecule has 0 bridgehead atoms. The Kier molecular flexibility index (Phi) is 2.67. The minimum Gasteiger partial charge on any atom is -0.331 e. The maximum atomic E-state index is 5.90. The second kappa shape index (κ2) is 4.19. The van der Waals surface area contributed by atoms with E-state index in [2.05, 4.69) is 17.7 Å². The van der Waals surface area contributed by atoms with Crippen LogP contribution in [0.2, 0.25) is 5.02 Å². The van der Waals surface area contributed by atoms with Crippen molar-refractivity contribution >= 4 is 11.6 Å². The van der Waals surface area contributed by atoms with Gasteiger partial charge in [-0.1, -0.05) is 23.7 Å². The highest BCUT2D eigenvalue weighted by molar-refractivity contribution is 6.30. The predicted molar refractivity (Wildman–Crippen MR) is 70.3 cm³/mol. The summed E-state index contributed by atoms with van der Waals surface area (Å²) >= 11 is 5.90. The summed E-state index contributed by atoms with van der Waals surface area (Å²) in [5.41, 5.74) is 2.20. The average Bonchev–Trinajstić information content (AvgIpc) is 2.75. The molecule has 1 aromatic carbocycles. The zero-order valence-corrected chi connectivity index (χ0v) is 10.6. The third-order valence-corrected chi connectivity index (χ3v) is 3.70. The van der Waals surface area contributed by atoms with Crippen LogP contribution in [-0.2, 0) is 6.42 Å². The standard InChI is InChI=1S/C14H15ClN2/c1-10-3-2-4-14-16-13(9-17(10)14)11-5-7-12(15)8-6-11/h5-10H,2-4H2,1H3/t10-/m0/s1. The first-order valence-corrected chi connectivity index (χ1v) is 6.45. The van der Waals surface area contributed by atoms with Gasteiger partial charge >= 0.3 is 0 Å². The largest absolute Gasteiger partial charge is 0.331 e. The van der Waals surface area contributed by atoms with E-state index in [1.165, 1.54) is 18.7 Å². The molecule has 2 aromatic rings. The number of aryl methyl sites for hydroxylation is 1. The molecule has 1 aliphatic heterocycles. The lowest BCUT2D eigenvalue weighted by molar-refractivity contribution is 0.426. The van der Waals surface area contributed by atoms with E-state index in [1.54, 1.807) is 0 Å². The van der Waals surface area contributed by atoms with Gasteiger partial charge < -0.3 is 4.57 Å². The van der Waals surface area contributed by atoms with E-state index in [9.17, 15) is 0 Å². The van der Waals surface area contributed by atoms with Crippen LogP contribution in [-0.4, -0.2) is 9.55 Å². The van der Waals surface area contributed by atoms with Crippen LogP contribution >= 0.6 is 11.6 Å². The second-order valence-corrected chi connectivity index (χ2v) is 5.13. The van der Waals surface area contributed by atoms with E-state index in [0.717, 1.165) is 22.7 Å². The molecule has 0 aliphatic carbocycles. The lowest BCUT2D eigenvalue weighted by Gasteiger charge is -2.20. The lowest BCUT2D eigenvalue weighted by atomic mass is 10.1. The first-order chi connectivity index (χ1) is 8.24. The number of imidazole rings is 1. The lowest BCUT2D eigenvalue weighted by Crippen LogP contribution is -2.14. The second-order valence-electron chi connectivity index (χ2n) is 4.70. The van der Waals surface area contributed by atoms with Gasteiger partial charge in [-0.05, 0) is 31.9 Å². The zero-order chi connectivity index (χ0) is 11.8. The zero-order valence-electron chi connectivity index (χ0n) is 9.86. The molecule has 3 heteroatoms. The van der Waals surface area contributed by atoms with Gasteiger partial charge in [-0.15, -0.1) is 0 Å². The molecule has 1 aromatic heterocycles. The Hall–Kier alpha value is -1.28. The van der Waals surface area contributed by atoms with E-state index in [4.69, 9.17) is 16.6 Å². The molecule has 0 fully saturated rings. The fourth-order valence-electron chi connectivity index (χ4n) is 2.45. The smallest absolute Gasteiger partial charge is 0.109 e. The van der Waals surface area contributed by atoms with Crippen LogP contribution in [0.5, 0.6) is 0 Å². The van der Waals surface area contributed by atoms with Crippen molar-refractivity contribution in [1.29, 1.82) is 0 Å². The Morgan fingerprint density at radius 2 is 2.06 bits per heavy atom. The van der Waals surface area contributed by atoms with Gasteiger partial charge in [0.15, 0.2) is 0 Å². The van der Waals surface area contributed by atoms with E-state index < -0.39 is 0 Å². The molecule has 0 saturated carbocycles. The summed E-state index contributed by atoms with van der Waals surface area (Å²) < 4.78 is 2.31. The van der Waals surface area contributed by atoms with Gasteiger partial charge in [0.25, 0.3) is 0 Å². The molecule has 2 nitrogen and oxygen atoms in total. The van der Waals surface area contributed by atoms with E-state index in [1.807, 2.05) is 24.3 Å². The SMILES string of the molecule is C[C@H]1CCCc2nc(-c3ccc(Cl)cc3)cn21. The highest BCUT2D eigenvalue weighted by Crippen LogP contribution is 2.28. The van der Waals surface area contributed by atoms with E-state index in [0.29, 0.717) is 6.04 Å². The summed E-state index contributed by atoms with van der Waals surface area (Å²) in [7, 11) is 0. The molecule has 0 radical (unpaired) electrons. The molecule has 3 rings (SSSR count). The minimum atomic E-state index is 0.576. The third kappa shape index (κ3) is 1.98. The molecular formula is C14H15ClN2. The molecule has 0 amide bonds. The molecule has 2 heterocycles. The highest BCUT2D eigenvalue weighted by atomic mass is 35.5. The van der Waals surface area contributed by atoms with E-state index in [-0.39, 0.29) is 0 Å². The van der Waals surface area contributed by atoms with Crippen molar-refractivity contribution in [3.8, 4) is 11.3 Å². The van der Waals surface area contributed by atoms with Gasteiger partial charge in [0.1, 0.15) is 5.82 Å². The first kappa shape index (κ1) is 10.8. The minimum absolute atomic E-state index is 0.576. The number of aromatic nitrogens is 2. The van der Waals surface area contributed by atoms with Crippen LogP contribution in [0, 0.1) is 0 Å². The molecule has 1 atom stereocenters. The number of fused-ring (bicyclic) bond motifs is 1. The quantitative estimate of drug-likeness (QED) is 0.741. The van der Waals surface area contributed by atoms with Gasteiger partial charge in [0.2, 0.25) is 0 Å². The maximum Gasteiger partial charge on any atom is 0.109 e. The van der Waals surface area contributed by atoms with Crippen LogP contribution in [0.25, 0.3) is 11.3 Å². The molecule has 0 saturated heterocycles. The van der Waals surface area contributed by atoms with Crippen molar-refractivity contribution < 1.29 is 0 Å². The van der Waals surface area contributed by atoms with Crippen molar-refractivity contribution in [1.82, 2.24) is 9.55 Å². The van der Waals surface area contributed by atoms with Gasteiger partial charge in [-0.3, -0.25) is 0 Å².